The minimum absolute atomic E-state index is 0.746. The van der Waals surface area contributed by atoms with Gasteiger partial charge in [-0.05, 0) is 30.2 Å². The quantitative estimate of drug-likeness (QED) is 0.590. The lowest BCUT2D eigenvalue weighted by atomic mass is 10.1. The van der Waals surface area contributed by atoms with E-state index in [0.29, 0.717) is 0 Å². The molecule has 0 spiro atoms. The lowest BCUT2D eigenvalue weighted by Crippen LogP contribution is -2.45. The number of aryl methyl sites for hydroxylation is 1. The number of hydrogen-bond acceptors (Lipinski definition) is 6. The number of ether oxygens (including phenoxy) is 2. The number of hydrogen-bond donors (Lipinski definition) is 0. The van der Waals surface area contributed by atoms with Crippen molar-refractivity contribution in [2.24, 2.45) is 0 Å². The molecule has 1 aromatic heterocycles. The summed E-state index contributed by atoms with van der Waals surface area (Å²) in [4.78, 5) is 9.36. The molecular formula is C24H29N3O3. The van der Waals surface area contributed by atoms with E-state index in [1.165, 1.54) is 11.1 Å². The third-order valence-corrected chi connectivity index (χ3v) is 5.67. The Bertz CT molecular complexity index is 963. The Morgan fingerprint density at radius 2 is 1.53 bits per heavy atom. The third-order valence-electron chi connectivity index (χ3n) is 5.67. The second kappa shape index (κ2) is 9.32. The predicted octanol–water partition coefficient (Wildman–Crippen LogP) is 3.99. The molecule has 3 aromatic rings. The Balaban J connectivity index is 1.32. The van der Waals surface area contributed by atoms with Gasteiger partial charge in [0.05, 0.1) is 27.0 Å². The first-order valence-electron chi connectivity index (χ1n) is 10.3. The molecule has 1 aliphatic rings. The fraction of sp³-hybridized carbons (Fsp3) is 0.375. The van der Waals surface area contributed by atoms with E-state index in [4.69, 9.17) is 13.9 Å². The van der Waals surface area contributed by atoms with Crippen molar-refractivity contribution in [1.29, 1.82) is 0 Å². The summed E-state index contributed by atoms with van der Waals surface area (Å²) in [6.07, 6.45) is 1.82. The molecule has 0 radical (unpaired) electrons. The Morgan fingerprint density at radius 3 is 2.20 bits per heavy atom. The molecule has 0 bridgehead atoms. The summed E-state index contributed by atoms with van der Waals surface area (Å²) in [7, 11) is 3.36. The molecule has 30 heavy (non-hydrogen) atoms. The highest BCUT2D eigenvalue weighted by Crippen LogP contribution is 2.31. The summed E-state index contributed by atoms with van der Waals surface area (Å²) in [6.45, 7) is 7.80. The zero-order chi connectivity index (χ0) is 20.9. The SMILES string of the molecule is COc1cc(C)c(CN2CCN(Cc3ncc(-c4ccccc4)o3)CC2)cc1OC. The zero-order valence-corrected chi connectivity index (χ0v) is 17.9. The Kier molecular flexibility index (Phi) is 6.35. The monoisotopic (exact) mass is 407 g/mol. The van der Waals surface area contributed by atoms with Crippen molar-refractivity contribution in [1.82, 2.24) is 14.8 Å². The van der Waals surface area contributed by atoms with Crippen molar-refractivity contribution in [3.05, 3.63) is 65.7 Å². The van der Waals surface area contributed by atoms with Crippen molar-refractivity contribution in [2.45, 2.75) is 20.0 Å². The van der Waals surface area contributed by atoms with Crippen molar-refractivity contribution < 1.29 is 13.9 Å². The van der Waals surface area contributed by atoms with E-state index in [1.807, 2.05) is 36.5 Å². The summed E-state index contributed by atoms with van der Waals surface area (Å²) < 4.78 is 16.8. The number of aromatic nitrogens is 1. The van der Waals surface area contributed by atoms with Crippen LogP contribution in [0.25, 0.3) is 11.3 Å². The molecular weight excluding hydrogens is 378 g/mol. The van der Waals surface area contributed by atoms with E-state index in [0.717, 1.165) is 68.0 Å². The van der Waals surface area contributed by atoms with Crippen LogP contribution in [-0.2, 0) is 13.1 Å². The predicted molar refractivity (Wildman–Crippen MR) is 117 cm³/mol. The van der Waals surface area contributed by atoms with Crippen molar-refractivity contribution in [3.63, 3.8) is 0 Å². The first kappa shape index (κ1) is 20.4. The normalized spacial score (nSPS) is 15.3. The molecule has 0 aliphatic carbocycles. The first-order valence-corrected chi connectivity index (χ1v) is 10.3. The molecule has 0 saturated carbocycles. The van der Waals surface area contributed by atoms with Gasteiger partial charge in [0.1, 0.15) is 0 Å². The van der Waals surface area contributed by atoms with Gasteiger partial charge >= 0.3 is 0 Å². The molecule has 0 atom stereocenters. The van der Waals surface area contributed by atoms with Gasteiger partial charge in [-0.3, -0.25) is 9.80 Å². The molecule has 1 aliphatic heterocycles. The summed E-state index contributed by atoms with van der Waals surface area (Å²) in [5.74, 6) is 3.17. The Labute approximate surface area is 178 Å². The lowest BCUT2D eigenvalue weighted by Gasteiger charge is -2.34. The number of nitrogens with zero attached hydrogens (tertiary/aromatic N) is 3. The summed E-state index contributed by atoms with van der Waals surface area (Å²) >= 11 is 0. The van der Waals surface area contributed by atoms with Crippen LogP contribution < -0.4 is 9.47 Å². The van der Waals surface area contributed by atoms with Crippen molar-refractivity contribution in [3.8, 4) is 22.8 Å². The van der Waals surface area contributed by atoms with E-state index in [2.05, 4.69) is 33.8 Å². The smallest absolute Gasteiger partial charge is 0.209 e. The van der Waals surface area contributed by atoms with Crippen LogP contribution in [0.5, 0.6) is 11.5 Å². The fourth-order valence-corrected chi connectivity index (χ4v) is 3.85. The summed E-state index contributed by atoms with van der Waals surface area (Å²) in [5, 5.41) is 0. The minimum Gasteiger partial charge on any atom is -0.493 e. The number of piperazine rings is 1. The van der Waals surface area contributed by atoms with Gasteiger partial charge in [0.25, 0.3) is 0 Å². The largest absolute Gasteiger partial charge is 0.493 e. The van der Waals surface area contributed by atoms with Crippen molar-refractivity contribution >= 4 is 0 Å². The summed E-state index contributed by atoms with van der Waals surface area (Å²) in [6, 6.07) is 14.3. The van der Waals surface area contributed by atoms with E-state index in [-0.39, 0.29) is 0 Å². The molecule has 158 valence electrons. The Hall–Kier alpha value is -2.83. The van der Waals surface area contributed by atoms with Gasteiger partial charge in [-0.15, -0.1) is 0 Å². The second-order valence-corrected chi connectivity index (χ2v) is 7.67. The minimum atomic E-state index is 0.746. The van der Waals surface area contributed by atoms with Gasteiger partial charge in [0, 0.05) is 38.3 Å². The zero-order valence-electron chi connectivity index (χ0n) is 17.9. The van der Waals surface area contributed by atoms with Crippen LogP contribution in [-0.4, -0.2) is 55.2 Å². The van der Waals surface area contributed by atoms with Gasteiger partial charge in [-0.25, -0.2) is 4.98 Å². The highest BCUT2D eigenvalue weighted by Gasteiger charge is 2.20. The van der Waals surface area contributed by atoms with E-state index < -0.39 is 0 Å². The lowest BCUT2D eigenvalue weighted by molar-refractivity contribution is 0.114. The average molecular weight is 408 g/mol. The van der Waals surface area contributed by atoms with E-state index >= 15 is 0 Å². The second-order valence-electron chi connectivity index (χ2n) is 7.67. The highest BCUT2D eigenvalue weighted by molar-refractivity contribution is 5.55. The van der Waals surface area contributed by atoms with E-state index in [1.54, 1.807) is 14.2 Å². The van der Waals surface area contributed by atoms with Gasteiger partial charge in [-0.2, -0.15) is 0 Å². The van der Waals surface area contributed by atoms with Gasteiger partial charge in [0.2, 0.25) is 5.89 Å². The maximum absolute atomic E-state index is 5.97. The molecule has 0 N–H and O–H groups in total. The van der Waals surface area contributed by atoms with Gasteiger partial charge < -0.3 is 13.9 Å². The van der Waals surface area contributed by atoms with Gasteiger partial charge in [0.15, 0.2) is 17.3 Å². The molecule has 6 heteroatoms. The molecule has 0 unspecified atom stereocenters. The van der Waals surface area contributed by atoms with Crippen LogP contribution in [0, 0.1) is 6.92 Å². The molecule has 2 heterocycles. The summed E-state index contributed by atoms with van der Waals surface area (Å²) in [5.41, 5.74) is 3.57. The molecule has 1 fully saturated rings. The number of rotatable bonds is 7. The van der Waals surface area contributed by atoms with Crippen LogP contribution >= 0.6 is 0 Å². The molecule has 1 saturated heterocycles. The first-order chi connectivity index (χ1) is 14.7. The standard InChI is InChI=1S/C24H29N3O3/c1-18-13-21(28-2)22(29-3)14-20(18)16-26-9-11-27(12-10-26)17-24-25-15-23(30-24)19-7-5-4-6-8-19/h4-8,13-15H,9-12,16-17H2,1-3H3. The maximum Gasteiger partial charge on any atom is 0.209 e. The highest BCUT2D eigenvalue weighted by atomic mass is 16.5. The average Bonchev–Trinajstić information content (AvgIpc) is 3.25. The fourth-order valence-electron chi connectivity index (χ4n) is 3.85. The number of benzene rings is 2. The van der Waals surface area contributed by atoms with Crippen molar-refractivity contribution in [2.75, 3.05) is 40.4 Å². The van der Waals surface area contributed by atoms with Crippen LogP contribution in [0.4, 0.5) is 0 Å². The molecule has 0 amide bonds. The topological polar surface area (TPSA) is 51.0 Å². The van der Waals surface area contributed by atoms with Crippen LogP contribution in [0.1, 0.15) is 17.0 Å². The van der Waals surface area contributed by atoms with Crippen LogP contribution in [0.15, 0.2) is 53.1 Å². The molecule has 4 rings (SSSR count). The number of methoxy groups -OCH3 is 2. The van der Waals surface area contributed by atoms with Gasteiger partial charge in [-0.1, -0.05) is 30.3 Å². The van der Waals surface area contributed by atoms with E-state index in [9.17, 15) is 0 Å². The molecule has 2 aromatic carbocycles. The third kappa shape index (κ3) is 4.66. The maximum atomic E-state index is 5.97. The number of oxazole rings is 1. The Morgan fingerprint density at radius 1 is 0.900 bits per heavy atom. The van der Waals surface area contributed by atoms with Crippen LogP contribution in [0.3, 0.4) is 0 Å². The molecule has 6 nitrogen and oxygen atoms in total. The van der Waals surface area contributed by atoms with Crippen LogP contribution in [0.2, 0.25) is 0 Å².